The third-order valence-electron chi connectivity index (χ3n) is 4.03. The molecule has 0 saturated heterocycles. The molecule has 0 aliphatic carbocycles. The summed E-state index contributed by atoms with van der Waals surface area (Å²) >= 11 is 0. The van der Waals surface area contributed by atoms with Crippen molar-refractivity contribution in [3.8, 4) is 0 Å². The lowest BCUT2D eigenvalue weighted by atomic mass is 9.95. The van der Waals surface area contributed by atoms with Crippen LogP contribution in [0.3, 0.4) is 0 Å². The molecule has 17 heavy (non-hydrogen) atoms. The number of nitrogens with one attached hydrogen (secondary N) is 1. The maximum absolute atomic E-state index is 3.63. The highest BCUT2D eigenvalue weighted by Crippen LogP contribution is 2.31. The molecule has 2 nitrogen and oxygen atoms in total. The molecular weight excluding hydrogens is 208 g/mol. The molecule has 2 aromatic rings. The van der Waals surface area contributed by atoms with Crippen molar-refractivity contribution < 1.29 is 0 Å². The van der Waals surface area contributed by atoms with E-state index in [2.05, 4.69) is 48.1 Å². The fourth-order valence-corrected chi connectivity index (χ4v) is 2.88. The number of para-hydroxylation sites is 1. The third kappa shape index (κ3) is 1.87. The van der Waals surface area contributed by atoms with E-state index in [1.165, 1.54) is 42.5 Å². The standard InChI is InChI=1S/C15H20N2/c1-11-7-9-17(2)10-8-13-12-5-3-4-6-14(12)16-15(11)13/h3-6,11,16H,7-10H2,1-2H3. The number of hydrogen-bond donors (Lipinski definition) is 1. The lowest BCUT2D eigenvalue weighted by molar-refractivity contribution is 0.316. The van der Waals surface area contributed by atoms with Crippen LogP contribution >= 0.6 is 0 Å². The van der Waals surface area contributed by atoms with Gasteiger partial charge in [0, 0.05) is 23.1 Å². The first-order chi connectivity index (χ1) is 8.25. The number of benzene rings is 1. The van der Waals surface area contributed by atoms with Crippen LogP contribution in [0.5, 0.6) is 0 Å². The minimum absolute atomic E-state index is 0.639. The summed E-state index contributed by atoms with van der Waals surface area (Å²) in [6, 6.07) is 8.70. The summed E-state index contributed by atoms with van der Waals surface area (Å²) < 4.78 is 0. The number of H-pyrrole nitrogens is 1. The number of fused-ring (bicyclic) bond motifs is 3. The van der Waals surface area contributed by atoms with Crippen molar-refractivity contribution in [1.82, 2.24) is 9.88 Å². The van der Waals surface area contributed by atoms with Crippen LogP contribution in [0.25, 0.3) is 10.9 Å². The Kier molecular flexibility index (Phi) is 2.67. The molecule has 1 aromatic carbocycles. The predicted molar refractivity (Wildman–Crippen MR) is 72.5 cm³/mol. The molecule has 0 bridgehead atoms. The van der Waals surface area contributed by atoms with Gasteiger partial charge in [-0.15, -0.1) is 0 Å². The van der Waals surface area contributed by atoms with E-state index in [0.29, 0.717) is 5.92 Å². The van der Waals surface area contributed by atoms with Crippen LogP contribution in [0.1, 0.15) is 30.5 Å². The van der Waals surface area contributed by atoms with Crippen molar-refractivity contribution in [2.75, 3.05) is 20.1 Å². The summed E-state index contributed by atoms with van der Waals surface area (Å²) in [4.78, 5) is 6.08. The molecule has 1 aliphatic heterocycles. The zero-order valence-electron chi connectivity index (χ0n) is 10.7. The zero-order valence-corrected chi connectivity index (χ0v) is 10.7. The molecule has 1 aromatic heterocycles. The van der Waals surface area contributed by atoms with Crippen molar-refractivity contribution in [2.24, 2.45) is 0 Å². The molecule has 2 heterocycles. The fraction of sp³-hybridized carbons (Fsp3) is 0.467. The zero-order chi connectivity index (χ0) is 11.8. The highest BCUT2D eigenvalue weighted by atomic mass is 15.1. The van der Waals surface area contributed by atoms with E-state index in [1.807, 2.05) is 0 Å². The van der Waals surface area contributed by atoms with Gasteiger partial charge in [-0.25, -0.2) is 0 Å². The number of likely N-dealkylation sites (N-methyl/N-ethyl adjacent to an activating group) is 1. The summed E-state index contributed by atoms with van der Waals surface area (Å²) in [6.45, 7) is 4.71. The topological polar surface area (TPSA) is 19.0 Å². The van der Waals surface area contributed by atoms with Crippen molar-refractivity contribution >= 4 is 10.9 Å². The second-order valence-corrected chi connectivity index (χ2v) is 5.31. The minimum atomic E-state index is 0.639. The van der Waals surface area contributed by atoms with Crippen LogP contribution in [0.2, 0.25) is 0 Å². The van der Waals surface area contributed by atoms with Crippen LogP contribution in [-0.4, -0.2) is 30.0 Å². The van der Waals surface area contributed by atoms with Gasteiger partial charge in [0.1, 0.15) is 0 Å². The normalized spacial score (nSPS) is 22.1. The third-order valence-corrected chi connectivity index (χ3v) is 4.03. The van der Waals surface area contributed by atoms with Gasteiger partial charge >= 0.3 is 0 Å². The van der Waals surface area contributed by atoms with E-state index >= 15 is 0 Å². The lowest BCUT2D eigenvalue weighted by Crippen LogP contribution is -2.26. The smallest absolute Gasteiger partial charge is 0.0459 e. The number of aromatic amines is 1. The number of nitrogens with zero attached hydrogens (tertiary/aromatic N) is 1. The van der Waals surface area contributed by atoms with Gasteiger partial charge in [0.25, 0.3) is 0 Å². The molecule has 1 aliphatic rings. The SMILES string of the molecule is CC1CCN(C)CCc2c1[nH]c1ccccc21. The van der Waals surface area contributed by atoms with Crippen LogP contribution in [-0.2, 0) is 6.42 Å². The molecule has 1 N–H and O–H groups in total. The molecule has 0 amide bonds. The molecule has 90 valence electrons. The first-order valence-corrected chi connectivity index (χ1v) is 6.53. The summed E-state index contributed by atoms with van der Waals surface area (Å²) in [5.41, 5.74) is 4.31. The highest BCUT2D eigenvalue weighted by molar-refractivity contribution is 5.84. The van der Waals surface area contributed by atoms with E-state index in [-0.39, 0.29) is 0 Å². The summed E-state index contributed by atoms with van der Waals surface area (Å²) in [6.07, 6.45) is 2.41. The van der Waals surface area contributed by atoms with Gasteiger partial charge < -0.3 is 9.88 Å². The maximum Gasteiger partial charge on any atom is 0.0459 e. The summed E-state index contributed by atoms with van der Waals surface area (Å²) in [5, 5.41) is 1.42. The lowest BCUT2D eigenvalue weighted by Gasteiger charge is -2.23. The molecule has 2 heteroatoms. The van der Waals surface area contributed by atoms with Gasteiger partial charge in [0.05, 0.1) is 0 Å². The average molecular weight is 228 g/mol. The first-order valence-electron chi connectivity index (χ1n) is 6.53. The van der Waals surface area contributed by atoms with Crippen LogP contribution in [0, 0.1) is 0 Å². The monoisotopic (exact) mass is 228 g/mol. The Bertz CT molecular complexity index is 527. The molecule has 1 unspecified atom stereocenters. The minimum Gasteiger partial charge on any atom is -0.358 e. The van der Waals surface area contributed by atoms with E-state index in [1.54, 1.807) is 5.56 Å². The second-order valence-electron chi connectivity index (χ2n) is 5.31. The van der Waals surface area contributed by atoms with Gasteiger partial charge in [-0.3, -0.25) is 0 Å². The van der Waals surface area contributed by atoms with Crippen molar-refractivity contribution in [3.63, 3.8) is 0 Å². The molecular formula is C15H20N2. The van der Waals surface area contributed by atoms with E-state index in [9.17, 15) is 0 Å². The Morgan fingerprint density at radius 1 is 1.24 bits per heavy atom. The van der Waals surface area contributed by atoms with Crippen LogP contribution < -0.4 is 0 Å². The van der Waals surface area contributed by atoms with Crippen molar-refractivity contribution in [2.45, 2.75) is 25.7 Å². The van der Waals surface area contributed by atoms with Crippen LogP contribution in [0.15, 0.2) is 24.3 Å². The largest absolute Gasteiger partial charge is 0.358 e. The van der Waals surface area contributed by atoms with E-state index in [0.717, 1.165) is 0 Å². The average Bonchev–Trinajstić information content (AvgIpc) is 2.70. The fourth-order valence-electron chi connectivity index (χ4n) is 2.88. The summed E-state index contributed by atoms with van der Waals surface area (Å²) in [5.74, 6) is 0.639. The molecule has 0 saturated carbocycles. The summed E-state index contributed by atoms with van der Waals surface area (Å²) in [7, 11) is 2.23. The Balaban J connectivity index is 2.14. The Morgan fingerprint density at radius 3 is 2.94 bits per heavy atom. The van der Waals surface area contributed by atoms with Crippen molar-refractivity contribution in [1.29, 1.82) is 0 Å². The Morgan fingerprint density at radius 2 is 2.06 bits per heavy atom. The number of rotatable bonds is 0. The van der Waals surface area contributed by atoms with Gasteiger partial charge in [0.15, 0.2) is 0 Å². The highest BCUT2D eigenvalue weighted by Gasteiger charge is 2.19. The van der Waals surface area contributed by atoms with Gasteiger partial charge in [-0.05, 0) is 44.0 Å². The molecule has 0 radical (unpaired) electrons. The van der Waals surface area contributed by atoms with Crippen LogP contribution in [0.4, 0.5) is 0 Å². The molecule has 1 atom stereocenters. The molecule has 0 fully saturated rings. The number of hydrogen-bond acceptors (Lipinski definition) is 1. The predicted octanol–water partition coefficient (Wildman–Crippen LogP) is 3.15. The Hall–Kier alpha value is -1.28. The molecule has 0 spiro atoms. The second kappa shape index (κ2) is 4.19. The number of aromatic nitrogens is 1. The van der Waals surface area contributed by atoms with E-state index < -0.39 is 0 Å². The molecule has 3 rings (SSSR count). The van der Waals surface area contributed by atoms with Gasteiger partial charge in [0.2, 0.25) is 0 Å². The quantitative estimate of drug-likeness (QED) is 0.734. The first kappa shape index (κ1) is 10.8. The van der Waals surface area contributed by atoms with Gasteiger partial charge in [-0.1, -0.05) is 25.1 Å². The van der Waals surface area contributed by atoms with Gasteiger partial charge in [-0.2, -0.15) is 0 Å². The van der Waals surface area contributed by atoms with Crippen molar-refractivity contribution in [3.05, 3.63) is 35.5 Å². The maximum atomic E-state index is 3.63. The van der Waals surface area contributed by atoms with E-state index in [4.69, 9.17) is 0 Å². The Labute approximate surface area is 103 Å².